The summed E-state index contributed by atoms with van der Waals surface area (Å²) in [7, 11) is 0. The van der Waals surface area contributed by atoms with Gasteiger partial charge in [0.1, 0.15) is 16.0 Å². The standard InChI is InChI=1S/C70H61N3OS.C64H49N3O2/c1-68(2,3)48-29-33-51(34-30-48)71(53-25-16-23-46(39-53)44-19-12-10-13-20-44)55-37-38-56-61(43-55)75-67-63(56)59-42-50(70(7,8)9)41-58-62-57-27-18-28-60(65(57)74-66(62)73(67)64(58)59)72(52-35-31-49(32-36-52)69(4,5)6)54-26-17-24-47(40-54)45-21-14-11-15-22-45;1-40-16-12-24-47(32-40)65(49-26-14-22-44(34-49)42-18-8-6-9-19-42)51-28-30-53-57(38-51)68-62-59(53)55-36-46(64(3,4)5)37-56-60-54-31-29-52(39-58(54)69-63(60)67(62)61(55)56)66(48-25-13-17-41(2)33-48)50-27-15-23-45(35-50)43-20-10-7-11-21-43/h10-43H,1-9H3;6-39H,1-5H3. The number of rotatable bonds is 16. The van der Waals surface area contributed by atoms with Gasteiger partial charge in [0.25, 0.3) is 0 Å². The zero-order valence-electron chi connectivity index (χ0n) is 83.6. The predicted molar refractivity (Wildman–Crippen MR) is 612 cm³/mol. The van der Waals surface area contributed by atoms with Crippen molar-refractivity contribution in [2.45, 2.75) is 119 Å². The van der Waals surface area contributed by atoms with Crippen molar-refractivity contribution in [3.63, 3.8) is 0 Å². The Hall–Kier alpha value is -16.7. The lowest BCUT2D eigenvalue weighted by atomic mass is 9.85. The summed E-state index contributed by atoms with van der Waals surface area (Å²) in [4.78, 5) is 10.7. The highest BCUT2D eigenvalue weighted by molar-refractivity contribution is 7.25. The predicted octanol–water partition coefficient (Wildman–Crippen LogP) is 39.5. The fourth-order valence-corrected chi connectivity index (χ4v) is 23.1. The second kappa shape index (κ2) is 34.1. The molecule has 0 unspecified atom stereocenters. The van der Waals surface area contributed by atoms with Crippen LogP contribution in [0.25, 0.3) is 164 Å². The minimum atomic E-state index is -0.105. The van der Waals surface area contributed by atoms with E-state index in [2.05, 4.69) is 538 Å². The van der Waals surface area contributed by atoms with Crippen molar-refractivity contribution >= 4 is 199 Å². The first-order chi connectivity index (χ1) is 69.7. The molecule has 0 N–H and O–H groups in total. The average Bonchev–Trinajstić information content (AvgIpc) is 1.52. The second-order valence-electron chi connectivity index (χ2n) is 43.1. The highest BCUT2D eigenvalue weighted by Crippen LogP contribution is 2.56. The topological polar surface area (TPSA) is 61.2 Å². The Morgan fingerprint density at radius 2 is 0.521 bits per heavy atom. The average molecular weight is 1880 g/mol. The molecule has 0 spiro atoms. The van der Waals surface area contributed by atoms with Gasteiger partial charge in [-0.2, -0.15) is 0 Å². The van der Waals surface area contributed by atoms with Crippen LogP contribution < -0.4 is 19.6 Å². The van der Waals surface area contributed by atoms with Crippen LogP contribution in [0.3, 0.4) is 0 Å². The van der Waals surface area contributed by atoms with Crippen LogP contribution >= 0.6 is 11.3 Å². The quantitative estimate of drug-likeness (QED) is 0.0955. The van der Waals surface area contributed by atoms with E-state index in [1.807, 2.05) is 11.3 Å². The zero-order valence-corrected chi connectivity index (χ0v) is 84.4. The van der Waals surface area contributed by atoms with Gasteiger partial charge in [0, 0.05) is 128 Å². The van der Waals surface area contributed by atoms with Crippen LogP contribution in [-0.2, 0) is 21.7 Å². The molecule has 18 aromatic carbocycles. The van der Waals surface area contributed by atoms with Crippen molar-refractivity contribution in [3.8, 4) is 44.5 Å². The number of benzene rings is 18. The number of nitrogens with zero attached hydrogens (tertiary/aromatic N) is 6. The zero-order chi connectivity index (χ0) is 98.1. The molecule has 10 heteroatoms. The molecule has 0 bridgehead atoms. The van der Waals surface area contributed by atoms with Crippen LogP contribution in [0.2, 0.25) is 0 Å². The SMILES string of the molecule is CC(C)(C)c1ccc(N(c2cccc(-c3ccccc3)c2)c2ccc3c(c2)sc2c3c3cc(C(C)(C)C)cc4c5c6cccc(N(c7ccc(C(C)(C)C)cc7)c7cccc(-c8ccccc8)c7)c6oc5n2c43)cc1.Cc1cccc(N(c2cccc(-c3ccccc3)c2)c2ccc3c(c2)oc2c3c3cc(C(C)(C)C)cc4c5c6ccc(N(c7cccc(C)c7)c7cccc(-c8ccccc8)c7)cc6oc5n2c34)c1. The summed E-state index contributed by atoms with van der Waals surface area (Å²) in [5.41, 5.74) is 36.9. The van der Waals surface area contributed by atoms with Crippen LogP contribution in [0.4, 0.5) is 68.2 Å². The van der Waals surface area contributed by atoms with Gasteiger partial charge in [0.05, 0.1) is 32.9 Å². The molecular formula is C134H110N6O3S. The Bertz CT molecular complexity index is 9200. The van der Waals surface area contributed by atoms with Crippen molar-refractivity contribution in [1.82, 2.24) is 8.80 Å². The molecule has 8 aromatic heterocycles. The van der Waals surface area contributed by atoms with Crippen LogP contribution in [-0.4, -0.2) is 8.80 Å². The highest BCUT2D eigenvalue weighted by atomic mass is 32.1. The van der Waals surface area contributed by atoms with Crippen molar-refractivity contribution in [2.24, 2.45) is 0 Å². The Labute approximate surface area is 843 Å². The first-order valence-corrected chi connectivity index (χ1v) is 51.0. The number of para-hydroxylation sites is 1. The van der Waals surface area contributed by atoms with Gasteiger partial charge in [-0.1, -0.05) is 320 Å². The molecule has 0 aliphatic carbocycles. The third-order valence-electron chi connectivity index (χ3n) is 29.3. The minimum absolute atomic E-state index is 0.0194. The van der Waals surface area contributed by atoms with Gasteiger partial charge in [-0.05, 0) is 277 Å². The first-order valence-electron chi connectivity index (χ1n) is 50.1. The molecule has 26 rings (SSSR count). The van der Waals surface area contributed by atoms with E-state index in [-0.39, 0.29) is 21.7 Å². The normalized spacial score (nSPS) is 12.4. The van der Waals surface area contributed by atoms with E-state index in [0.29, 0.717) is 0 Å². The van der Waals surface area contributed by atoms with Crippen molar-refractivity contribution in [2.75, 3.05) is 19.6 Å². The van der Waals surface area contributed by atoms with E-state index >= 15 is 0 Å². The van der Waals surface area contributed by atoms with E-state index in [4.69, 9.17) is 13.3 Å². The number of furan rings is 3. The van der Waals surface area contributed by atoms with Gasteiger partial charge in [-0.25, -0.2) is 4.40 Å². The van der Waals surface area contributed by atoms with Crippen molar-refractivity contribution in [1.29, 1.82) is 0 Å². The molecule has 0 fully saturated rings. The molecule has 700 valence electrons. The van der Waals surface area contributed by atoms with Crippen LogP contribution in [0.15, 0.2) is 426 Å². The molecule has 0 amide bonds. The van der Waals surface area contributed by atoms with Crippen molar-refractivity contribution in [3.05, 3.63) is 446 Å². The van der Waals surface area contributed by atoms with E-state index in [1.165, 1.54) is 109 Å². The molecule has 0 atom stereocenters. The monoisotopic (exact) mass is 1880 g/mol. The van der Waals surface area contributed by atoms with Crippen molar-refractivity contribution < 1.29 is 13.3 Å². The number of thiophene rings is 1. The molecule has 9 nitrogen and oxygen atoms in total. The summed E-state index contributed by atoms with van der Waals surface area (Å²) in [6.07, 6.45) is 0. The summed E-state index contributed by atoms with van der Waals surface area (Å²) in [5.74, 6) is 0. The lowest BCUT2D eigenvalue weighted by Gasteiger charge is -2.27. The van der Waals surface area contributed by atoms with Gasteiger partial charge in [-0.15, -0.1) is 11.3 Å². The van der Waals surface area contributed by atoms with Gasteiger partial charge in [0.2, 0.25) is 17.1 Å². The number of aryl methyl sites for hydroxylation is 2. The molecular weight excluding hydrogens is 1770 g/mol. The van der Waals surface area contributed by atoms with Crippen LogP contribution in [0.1, 0.15) is 116 Å². The smallest absolute Gasteiger partial charge is 0.216 e. The Morgan fingerprint density at radius 1 is 0.215 bits per heavy atom. The maximum atomic E-state index is 7.50. The first kappa shape index (κ1) is 88.7. The maximum absolute atomic E-state index is 7.50. The number of hydrogen-bond acceptors (Lipinski definition) is 8. The molecule has 144 heavy (non-hydrogen) atoms. The largest absolute Gasteiger partial charge is 0.439 e. The third-order valence-corrected chi connectivity index (χ3v) is 30.4. The molecule has 0 saturated carbocycles. The van der Waals surface area contributed by atoms with Gasteiger partial charge in [-0.3, -0.25) is 4.40 Å². The van der Waals surface area contributed by atoms with E-state index in [0.717, 1.165) is 157 Å². The van der Waals surface area contributed by atoms with Crippen LogP contribution in [0, 0.1) is 13.8 Å². The van der Waals surface area contributed by atoms with Gasteiger partial charge >= 0.3 is 0 Å². The second-order valence-corrected chi connectivity index (χ2v) is 44.1. The number of aromatic nitrogens is 2. The molecule has 0 aliphatic rings. The maximum Gasteiger partial charge on any atom is 0.216 e. The summed E-state index contributed by atoms with van der Waals surface area (Å²) >= 11 is 1.86. The van der Waals surface area contributed by atoms with Gasteiger partial charge in [0.15, 0.2) is 5.58 Å². The molecule has 0 aliphatic heterocycles. The fraction of sp³-hybridized carbons (Fsp3) is 0.134. The molecule has 26 aromatic rings. The highest BCUT2D eigenvalue weighted by Gasteiger charge is 2.34. The number of fused-ring (bicyclic) bond motifs is 20. The summed E-state index contributed by atoms with van der Waals surface area (Å²) in [6.45, 7) is 31.8. The molecule has 8 heterocycles. The number of hydrogen-bond donors (Lipinski definition) is 0. The number of anilines is 12. The summed E-state index contributed by atoms with van der Waals surface area (Å²) in [6, 6.07) is 150. The Morgan fingerprint density at radius 3 is 0.917 bits per heavy atom. The van der Waals surface area contributed by atoms with E-state index in [1.54, 1.807) is 0 Å². The van der Waals surface area contributed by atoms with Gasteiger partial charge < -0.3 is 32.9 Å². The van der Waals surface area contributed by atoms with E-state index in [9.17, 15) is 0 Å². The lowest BCUT2D eigenvalue weighted by molar-refractivity contribution is 0.590. The summed E-state index contributed by atoms with van der Waals surface area (Å²) in [5, 5.41) is 14.0. The van der Waals surface area contributed by atoms with E-state index < -0.39 is 0 Å². The lowest BCUT2D eigenvalue weighted by Crippen LogP contribution is -2.13. The Kier molecular flexibility index (Phi) is 21.0. The molecule has 0 saturated heterocycles. The third kappa shape index (κ3) is 15.3. The fourth-order valence-electron chi connectivity index (χ4n) is 21.9. The molecule has 0 radical (unpaired) electrons. The minimum Gasteiger partial charge on any atom is -0.439 e. The summed E-state index contributed by atoms with van der Waals surface area (Å²) < 4.78 is 27.7. The van der Waals surface area contributed by atoms with Crippen LogP contribution in [0.5, 0.6) is 0 Å². The Balaban J connectivity index is 0.000000151.